The lowest BCUT2D eigenvalue weighted by Crippen LogP contribution is -2.46. The summed E-state index contributed by atoms with van der Waals surface area (Å²) in [5, 5.41) is 6.48. The van der Waals surface area contributed by atoms with E-state index in [9.17, 15) is 4.79 Å². The Hall–Kier alpha value is -1.55. The molecule has 1 fully saturated rings. The summed E-state index contributed by atoms with van der Waals surface area (Å²) in [6.45, 7) is 7.70. The van der Waals surface area contributed by atoms with Crippen LogP contribution < -0.4 is 15.4 Å². The molecule has 4 heteroatoms. The Balaban J connectivity index is 1.70. The Labute approximate surface area is 127 Å². The van der Waals surface area contributed by atoms with Crippen molar-refractivity contribution >= 4 is 5.91 Å². The zero-order chi connectivity index (χ0) is 15.2. The Bertz CT molecular complexity index is 488. The van der Waals surface area contributed by atoms with Gasteiger partial charge in [0.15, 0.2) is 0 Å². The van der Waals surface area contributed by atoms with Crippen molar-refractivity contribution in [2.24, 2.45) is 0 Å². The van der Waals surface area contributed by atoms with E-state index in [0.29, 0.717) is 25.1 Å². The first kappa shape index (κ1) is 15.8. The first-order chi connectivity index (χ1) is 10.0. The van der Waals surface area contributed by atoms with Gasteiger partial charge in [-0.05, 0) is 63.4 Å². The number of hydrogen-bond donors (Lipinski definition) is 2. The molecule has 2 atom stereocenters. The molecule has 1 aromatic carbocycles. The molecule has 1 heterocycles. The smallest absolute Gasteiger partial charge is 0.223 e. The summed E-state index contributed by atoms with van der Waals surface area (Å²) < 4.78 is 5.65. The van der Waals surface area contributed by atoms with Crippen LogP contribution in [-0.4, -0.2) is 31.1 Å². The van der Waals surface area contributed by atoms with E-state index in [1.807, 2.05) is 18.2 Å². The quantitative estimate of drug-likeness (QED) is 0.875. The topological polar surface area (TPSA) is 50.4 Å². The van der Waals surface area contributed by atoms with Crippen LogP contribution in [0, 0.1) is 13.8 Å². The summed E-state index contributed by atoms with van der Waals surface area (Å²) in [6, 6.07) is 6.80. The van der Waals surface area contributed by atoms with Crippen LogP contribution in [0.15, 0.2) is 18.2 Å². The molecule has 116 valence electrons. The van der Waals surface area contributed by atoms with Gasteiger partial charge >= 0.3 is 0 Å². The van der Waals surface area contributed by atoms with Gasteiger partial charge in [0.1, 0.15) is 5.75 Å². The highest BCUT2D eigenvalue weighted by molar-refractivity contribution is 5.76. The fourth-order valence-corrected chi connectivity index (χ4v) is 2.63. The van der Waals surface area contributed by atoms with Crippen molar-refractivity contribution in [1.29, 1.82) is 0 Å². The van der Waals surface area contributed by atoms with Gasteiger partial charge in [-0.1, -0.05) is 6.07 Å². The van der Waals surface area contributed by atoms with E-state index in [-0.39, 0.29) is 5.91 Å². The van der Waals surface area contributed by atoms with E-state index in [0.717, 1.165) is 25.1 Å². The minimum absolute atomic E-state index is 0.0814. The second kappa shape index (κ2) is 7.46. The van der Waals surface area contributed by atoms with E-state index < -0.39 is 0 Å². The number of amides is 1. The number of nitrogens with one attached hydrogen (secondary N) is 2. The summed E-state index contributed by atoms with van der Waals surface area (Å²) in [6.07, 6.45) is 2.42. The minimum Gasteiger partial charge on any atom is -0.493 e. The van der Waals surface area contributed by atoms with Gasteiger partial charge in [-0.25, -0.2) is 0 Å². The maximum Gasteiger partial charge on any atom is 0.223 e. The van der Waals surface area contributed by atoms with Crippen molar-refractivity contribution in [2.45, 2.75) is 52.1 Å². The van der Waals surface area contributed by atoms with Gasteiger partial charge in [0.25, 0.3) is 0 Å². The fraction of sp³-hybridized carbons (Fsp3) is 0.588. The van der Waals surface area contributed by atoms with Gasteiger partial charge in [-0.2, -0.15) is 0 Å². The van der Waals surface area contributed by atoms with Crippen LogP contribution in [-0.2, 0) is 4.79 Å². The summed E-state index contributed by atoms with van der Waals surface area (Å²) in [5.41, 5.74) is 2.46. The van der Waals surface area contributed by atoms with Crippen LogP contribution in [0.5, 0.6) is 5.75 Å². The van der Waals surface area contributed by atoms with Crippen molar-refractivity contribution in [3.05, 3.63) is 29.3 Å². The van der Waals surface area contributed by atoms with Crippen molar-refractivity contribution in [2.75, 3.05) is 13.2 Å². The van der Waals surface area contributed by atoms with Crippen LogP contribution in [0.4, 0.5) is 0 Å². The van der Waals surface area contributed by atoms with E-state index in [1.165, 1.54) is 11.1 Å². The maximum atomic E-state index is 11.9. The van der Waals surface area contributed by atoms with Gasteiger partial charge in [0.05, 0.1) is 13.0 Å². The molecule has 0 aromatic heterocycles. The monoisotopic (exact) mass is 290 g/mol. The molecule has 1 aromatic rings. The molecule has 1 saturated heterocycles. The maximum absolute atomic E-state index is 11.9. The molecule has 2 rings (SSSR count). The van der Waals surface area contributed by atoms with Crippen LogP contribution in [0.1, 0.15) is 37.3 Å². The number of piperidine rings is 1. The van der Waals surface area contributed by atoms with Crippen molar-refractivity contribution in [3.63, 3.8) is 0 Å². The van der Waals surface area contributed by atoms with E-state index >= 15 is 0 Å². The molecule has 0 aliphatic carbocycles. The third-order valence-corrected chi connectivity index (χ3v) is 4.07. The van der Waals surface area contributed by atoms with Crippen LogP contribution >= 0.6 is 0 Å². The lowest BCUT2D eigenvalue weighted by Gasteiger charge is -2.28. The van der Waals surface area contributed by atoms with Crippen molar-refractivity contribution in [3.8, 4) is 5.75 Å². The third-order valence-electron chi connectivity index (χ3n) is 4.07. The number of carbonyl (C=O) groups is 1. The molecule has 1 aliphatic rings. The number of carbonyl (C=O) groups excluding carboxylic acids is 1. The second-order valence-corrected chi connectivity index (χ2v) is 5.99. The fourth-order valence-electron chi connectivity index (χ4n) is 2.63. The highest BCUT2D eigenvalue weighted by Gasteiger charge is 2.19. The van der Waals surface area contributed by atoms with Gasteiger partial charge in [-0.3, -0.25) is 4.79 Å². The Kier molecular flexibility index (Phi) is 5.62. The number of ether oxygens (including phenoxy) is 1. The summed E-state index contributed by atoms with van der Waals surface area (Å²) in [7, 11) is 0. The molecule has 2 N–H and O–H groups in total. The van der Waals surface area contributed by atoms with E-state index in [4.69, 9.17) is 4.74 Å². The second-order valence-electron chi connectivity index (χ2n) is 5.99. The molecule has 1 aliphatic heterocycles. The zero-order valence-electron chi connectivity index (χ0n) is 13.2. The molecule has 21 heavy (non-hydrogen) atoms. The molecule has 0 spiro atoms. The molecule has 1 amide bonds. The number of hydrogen-bond acceptors (Lipinski definition) is 3. The number of rotatable bonds is 5. The molecular weight excluding hydrogens is 264 g/mol. The highest BCUT2D eigenvalue weighted by atomic mass is 16.5. The molecule has 2 unspecified atom stereocenters. The Morgan fingerprint density at radius 2 is 2.19 bits per heavy atom. The first-order valence-electron chi connectivity index (χ1n) is 7.77. The Morgan fingerprint density at radius 1 is 1.38 bits per heavy atom. The lowest BCUT2D eigenvalue weighted by molar-refractivity contribution is -0.122. The van der Waals surface area contributed by atoms with Crippen molar-refractivity contribution in [1.82, 2.24) is 10.6 Å². The number of aryl methyl sites for hydroxylation is 2. The minimum atomic E-state index is 0.0814. The Morgan fingerprint density at radius 3 is 2.90 bits per heavy atom. The summed E-state index contributed by atoms with van der Waals surface area (Å²) in [5.74, 6) is 0.916. The van der Waals surface area contributed by atoms with Gasteiger partial charge in [0.2, 0.25) is 5.91 Å². The summed E-state index contributed by atoms with van der Waals surface area (Å²) >= 11 is 0. The predicted octanol–water partition coefficient (Wildman–Crippen LogP) is 2.33. The third kappa shape index (κ3) is 5.05. The number of benzene rings is 1. The van der Waals surface area contributed by atoms with E-state index in [1.54, 1.807) is 0 Å². The average molecular weight is 290 g/mol. The average Bonchev–Trinajstić information content (AvgIpc) is 2.43. The van der Waals surface area contributed by atoms with Gasteiger partial charge in [0, 0.05) is 12.1 Å². The first-order valence-corrected chi connectivity index (χ1v) is 7.77. The summed E-state index contributed by atoms with van der Waals surface area (Å²) in [4.78, 5) is 11.9. The SMILES string of the molecule is Cc1ccc(OCCC(=O)NC2CCNC(C)C2)cc1C. The predicted molar refractivity (Wildman–Crippen MR) is 84.7 cm³/mol. The van der Waals surface area contributed by atoms with Gasteiger partial charge in [-0.15, -0.1) is 0 Å². The standard InChI is InChI=1S/C17H26N2O2/c1-12-4-5-16(10-13(12)2)21-9-7-17(20)19-15-6-8-18-14(3)11-15/h4-5,10,14-15,18H,6-9,11H2,1-3H3,(H,19,20). The molecule has 4 nitrogen and oxygen atoms in total. The zero-order valence-corrected chi connectivity index (χ0v) is 13.2. The van der Waals surface area contributed by atoms with E-state index in [2.05, 4.69) is 31.4 Å². The highest BCUT2D eigenvalue weighted by Crippen LogP contribution is 2.16. The normalized spacial score (nSPS) is 21.9. The van der Waals surface area contributed by atoms with Gasteiger partial charge < -0.3 is 15.4 Å². The molecule has 0 saturated carbocycles. The van der Waals surface area contributed by atoms with Crippen LogP contribution in [0.2, 0.25) is 0 Å². The molecule has 0 bridgehead atoms. The molecular formula is C17H26N2O2. The largest absolute Gasteiger partial charge is 0.493 e. The van der Waals surface area contributed by atoms with Crippen LogP contribution in [0.3, 0.4) is 0 Å². The van der Waals surface area contributed by atoms with Crippen LogP contribution in [0.25, 0.3) is 0 Å². The molecule has 0 radical (unpaired) electrons. The van der Waals surface area contributed by atoms with Crippen molar-refractivity contribution < 1.29 is 9.53 Å². The lowest BCUT2D eigenvalue weighted by atomic mass is 10.0.